The third-order valence-corrected chi connectivity index (χ3v) is 10.8. The monoisotopic (exact) mass is 764 g/mol. The van der Waals surface area contributed by atoms with E-state index in [9.17, 15) is 17.6 Å². The van der Waals surface area contributed by atoms with Crippen molar-refractivity contribution in [2.45, 2.75) is 0 Å². The number of hydrogen-bond donors (Lipinski definition) is 0. The van der Waals surface area contributed by atoms with Gasteiger partial charge in [-0.05, 0) is 179 Å². The van der Waals surface area contributed by atoms with Crippen molar-refractivity contribution in [1.82, 2.24) is 0 Å². The first-order valence-electron chi connectivity index (χ1n) is 18.6. The van der Waals surface area contributed by atoms with Crippen LogP contribution < -0.4 is 9.80 Å². The molecule has 0 atom stereocenters. The third-order valence-electron chi connectivity index (χ3n) is 10.8. The molecular formula is C50H28F4N2O2. The van der Waals surface area contributed by atoms with Gasteiger partial charge in [0.05, 0.1) is 0 Å². The summed E-state index contributed by atoms with van der Waals surface area (Å²) >= 11 is 0. The minimum atomic E-state index is -0.344. The molecule has 0 aliphatic heterocycles. The van der Waals surface area contributed by atoms with Crippen LogP contribution in [0.4, 0.5) is 51.7 Å². The molecule has 0 saturated carbocycles. The number of hydrogen-bond acceptors (Lipinski definition) is 4. The highest BCUT2D eigenvalue weighted by atomic mass is 19.1. The van der Waals surface area contributed by atoms with Crippen molar-refractivity contribution in [2.75, 3.05) is 9.80 Å². The molecule has 2 aromatic heterocycles. The third kappa shape index (κ3) is 5.60. The second kappa shape index (κ2) is 13.0. The van der Waals surface area contributed by atoms with Crippen molar-refractivity contribution in [3.63, 3.8) is 0 Å². The first kappa shape index (κ1) is 33.7. The molecule has 8 heteroatoms. The van der Waals surface area contributed by atoms with Crippen LogP contribution in [0.2, 0.25) is 0 Å². The van der Waals surface area contributed by atoms with Crippen molar-refractivity contribution < 1.29 is 26.4 Å². The lowest BCUT2D eigenvalue weighted by Crippen LogP contribution is -2.10. The molecule has 11 aromatic rings. The number of halogens is 4. The molecule has 0 amide bonds. The summed E-state index contributed by atoms with van der Waals surface area (Å²) in [7, 11) is 0. The van der Waals surface area contributed by atoms with E-state index in [0.29, 0.717) is 22.3 Å². The van der Waals surface area contributed by atoms with Gasteiger partial charge in [0.1, 0.15) is 34.4 Å². The molecule has 0 N–H and O–H groups in total. The fourth-order valence-electron chi connectivity index (χ4n) is 8.06. The normalized spacial score (nSPS) is 11.8. The van der Waals surface area contributed by atoms with E-state index in [0.717, 1.165) is 77.2 Å². The number of rotatable bonds is 6. The number of fused-ring (bicyclic) bond motifs is 9. The molecular weight excluding hydrogens is 737 g/mol. The van der Waals surface area contributed by atoms with Crippen molar-refractivity contribution >= 4 is 99.5 Å². The first-order valence-corrected chi connectivity index (χ1v) is 18.6. The molecule has 0 saturated heterocycles. The van der Waals surface area contributed by atoms with E-state index in [1.807, 2.05) is 58.3 Å². The minimum Gasteiger partial charge on any atom is -0.452 e. The number of furan rings is 2. The van der Waals surface area contributed by atoms with Crippen LogP contribution in [-0.4, -0.2) is 0 Å². The second-order valence-electron chi connectivity index (χ2n) is 14.4. The molecule has 9 aromatic carbocycles. The summed E-state index contributed by atoms with van der Waals surface area (Å²) in [5.41, 5.74) is 7.21. The lowest BCUT2D eigenvalue weighted by Gasteiger charge is -2.25. The maximum absolute atomic E-state index is 13.9. The van der Waals surface area contributed by atoms with Gasteiger partial charge < -0.3 is 18.6 Å². The lowest BCUT2D eigenvalue weighted by atomic mass is 10.0. The SMILES string of the molecule is Fc1ccc(N(c2ccc(F)cc2)c2ccc3cc4c(cc3c2)oc2c4ccc3c4cc5ccc(N(c6ccc(F)cc6)c6ccc(F)cc6)cc5cc4oc32)cc1. The Morgan fingerprint density at radius 3 is 0.914 bits per heavy atom. The highest BCUT2D eigenvalue weighted by molar-refractivity contribution is 6.21. The van der Waals surface area contributed by atoms with E-state index in [2.05, 4.69) is 24.3 Å². The maximum Gasteiger partial charge on any atom is 0.178 e. The predicted molar refractivity (Wildman–Crippen MR) is 225 cm³/mol. The molecule has 11 rings (SSSR count). The van der Waals surface area contributed by atoms with Gasteiger partial charge in [0.25, 0.3) is 0 Å². The Bertz CT molecular complexity index is 3060. The number of benzene rings is 9. The molecule has 0 bridgehead atoms. The molecule has 58 heavy (non-hydrogen) atoms. The first-order chi connectivity index (χ1) is 28.3. The van der Waals surface area contributed by atoms with Gasteiger partial charge in [-0.1, -0.05) is 12.1 Å². The van der Waals surface area contributed by atoms with Crippen molar-refractivity contribution in [3.8, 4) is 0 Å². The average molecular weight is 765 g/mol. The Labute approximate surface area is 328 Å². The van der Waals surface area contributed by atoms with Crippen LogP contribution in [0.1, 0.15) is 0 Å². The molecule has 0 aliphatic carbocycles. The molecule has 278 valence electrons. The Balaban J connectivity index is 1.02. The maximum atomic E-state index is 13.9. The Kier molecular flexibility index (Phi) is 7.56. The summed E-state index contributed by atoms with van der Waals surface area (Å²) in [6, 6.07) is 49.4. The quantitative estimate of drug-likeness (QED) is 0.158. The fourth-order valence-corrected chi connectivity index (χ4v) is 8.06. The van der Waals surface area contributed by atoms with Crippen LogP contribution in [0.3, 0.4) is 0 Å². The van der Waals surface area contributed by atoms with Gasteiger partial charge in [0.15, 0.2) is 11.2 Å². The molecule has 0 fully saturated rings. The van der Waals surface area contributed by atoms with Crippen LogP contribution in [-0.2, 0) is 0 Å². The van der Waals surface area contributed by atoms with Gasteiger partial charge >= 0.3 is 0 Å². The molecule has 0 aliphatic rings. The van der Waals surface area contributed by atoms with Gasteiger partial charge in [-0.25, -0.2) is 17.6 Å². The predicted octanol–water partition coefficient (Wildman–Crippen LogP) is 15.3. The minimum absolute atomic E-state index is 0.344. The van der Waals surface area contributed by atoms with Crippen molar-refractivity contribution in [2.24, 2.45) is 0 Å². The van der Waals surface area contributed by atoms with Gasteiger partial charge in [-0.2, -0.15) is 0 Å². The molecule has 0 unspecified atom stereocenters. The summed E-state index contributed by atoms with van der Waals surface area (Å²) < 4.78 is 69.0. The van der Waals surface area contributed by atoms with Crippen molar-refractivity contribution in [3.05, 3.63) is 193 Å². The van der Waals surface area contributed by atoms with Crippen LogP contribution >= 0.6 is 0 Å². The standard InChI is InChI=1S/C50H28F4N2O2/c51-33-3-13-37(14-4-33)55(38-15-5-34(52)6-16-38)41-11-1-29-25-45-43-21-22-44-46-26-30-2-12-42(56(39-17-7-35(53)8-18-39)40-19-9-36(54)10-20-40)24-32(30)28-48(46)58-50(44)49(43)57-47(45)27-31(29)23-41/h1-28H. The fraction of sp³-hybridized carbons (Fsp3) is 0. The number of nitrogens with zero attached hydrogens (tertiary/aromatic N) is 2. The van der Waals surface area contributed by atoms with Crippen molar-refractivity contribution in [1.29, 1.82) is 0 Å². The largest absolute Gasteiger partial charge is 0.452 e. The topological polar surface area (TPSA) is 32.8 Å². The summed E-state index contributed by atoms with van der Waals surface area (Å²) in [5, 5.41) is 7.60. The molecule has 4 nitrogen and oxygen atoms in total. The highest BCUT2D eigenvalue weighted by Gasteiger charge is 2.20. The van der Waals surface area contributed by atoms with Crippen LogP contribution in [0.25, 0.3) is 65.4 Å². The molecule has 0 radical (unpaired) electrons. The molecule has 0 spiro atoms. The van der Waals surface area contributed by atoms with E-state index in [-0.39, 0.29) is 23.3 Å². The van der Waals surface area contributed by atoms with E-state index >= 15 is 0 Å². The van der Waals surface area contributed by atoms with Gasteiger partial charge in [0.2, 0.25) is 0 Å². The smallest absolute Gasteiger partial charge is 0.178 e. The Morgan fingerprint density at radius 2 is 0.586 bits per heavy atom. The van der Waals surface area contributed by atoms with E-state index in [1.165, 1.54) is 48.5 Å². The van der Waals surface area contributed by atoms with Crippen LogP contribution in [0, 0.1) is 23.3 Å². The summed E-state index contributed by atoms with van der Waals surface area (Å²) in [6.45, 7) is 0. The van der Waals surface area contributed by atoms with E-state index in [4.69, 9.17) is 8.83 Å². The summed E-state index contributed by atoms with van der Waals surface area (Å²) in [6.07, 6.45) is 0. The zero-order valence-corrected chi connectivity index (χ0v) is 30.4. The molecule has 2 heterocycles. The summed E-state index contributed by atoms with van der Waals surface area (Å²) in [5.74, 6) is -1.38. The zero-order chi connectivity index (χ0) is 39.1. The van der Waals surface area contributed by atoms with E-state index in [1.54, 1.807) is 48.5 Å². The average Bonchev–Trinajstić information content (AvgIpc) is 3.79. The second-order valence-corrected chi connectivity index (χ2v) is 14.4. The van der Waals surface area contributed by atoms with Gasteiger partial charge in [0, 0.05) is 55.7 Å². The van der Waals surface area contributed by atoms with E-state index < -0.39 is 0 Å². The number of anilines is 6. The van der Waals surface area contributed by atoms with Crippen LogP contribution in [0.5, 0.6) is 0 Å². The zero-order valence-electron chi connectivity index (χ0n) is 30.4. The lowest BCUT2D eigenvalue weighted by molar-refractivity contribution is 0.627. The highest BCUT2D eigenvalue weighted by Crippen LogP contribution is 2.43. The van der Waals surface area contributed by atoms with Crippen LogP contribution in [0.15, 0.2) is 179 Å². The van der Waals surface area contributed by atoms with Gasteiger partial charge in [-0.15, -0.1) is 0 Å². The van der Waals surface area contributed by atoms with Gasteiger partial charge in [-0.3, -0.25) is 0 Å². The summed E-state index contributed by atoms with van der Waals surface area (Å²) in [4.78, 5) is 3.91. The Hall–Kier alpha value is -7.58. The Morgan fingerprint density at radius 1 is 0.276 bits per heavy atom.